The zero-order valence-electron chi connectivity index (χ0n) is 9.76. The van der Waals surface area contributed by atoms with E-state index in [-0.39, 0.29) is 5.54 Å². The van der Waals surface area contributed by atoms with E-state index in [1.165, 1.54) is 24.1 Å². The van der Waals surface area contributed by atoms with Crippen LogP contribution < -0.4 is 4.90 Å². The third-order valence-corrected chi connectivity index (χ3v) is 4.16. The molecule has 16 heavy (non-hydrogen) atoms. The Morgan fingerprint density at radius 2 is 2.19 bits per heavy atom. The molecule has 1 aromatic carbocycles. The van der Waals surface area contributed by atoms with Gasteiger partial charge < -0.3 is 4.90 Å². The maximum Gasteiger partial charge on any atom is 0.0494 e. The fraction of sp³-hybridized carbons (Fsp3) is 0.538. The number of benzene rings is 1. The number of nitrogens with zero attached hydrogens (tertiary/aromatic N) is 1. The monoisotopic (exact) mass is 301 g/mol. The van der Waals surface area contributed by atoms with Crippen LogP contribution in [-0.2, 0) is 5.88 Å². The van der Waals surface area contributed by atoms with Crippen LogP contribution in [0.2, 0.25) is 0 Å². The zero-order chi connectivity index (χ0) is 11.8. The van der Waals surface area contributed by atoms with E-state index in [0.29, 0.717) is 5.88 Å². The molecule has 0 radical (unpaired) electrons. The molecule has 0 unspecified atom stereocenters. The molecule has 1 heterocycles. The molecule has 0 amide bonds. The zero-order valence-corrected chi connectivity index (χ0v) is 12.1. The van der Waals surface area contributed by atoms with Gasteiger partial charge in [-0.15, -0.1) is 11.6 Å². The number of anilines is 1. The fourth-order valence-electron chi connectivity index (χ4n) is 2.46. The summed E-state index contributed by atoms with van der Waals surface area (Å²) in [5, 5.41) is 0. The lowest BCUT2D eigenvalue weighted by Gasteiger charge is -2.35. The van der Waals surface area contributed by atoms with Gasteiger partial charge in [-0.05, 0) is 44.4 Å². The van der Waals surface area contributed by atoms with Crippen molar-refractivity contribution < 1.29 is 0 Å². The van der Waals surface area contributed by atoms with Crippen LogP contribution in [0.4, 0.5) is 5.69 Å². The minimum absolute atomic E-state index is 0.252. The predicted octanol–water partition coefficient (Wildman–Crippen LogP) is 4.57. The molecule has 0 aromatic heterocycles. The van der Waals surface area contributed by atoms with Crippen LogP contribution in [0.25, 0.3) is 0 Å². The third-order valence-electron chi connectivity index (χ3n) is 3.38. The van der Waals surface area contributed by atoms with Crippen LogP contribution >= 0.6 is 27.5 Å². The smallest absolute Gasteiger partial charge is 0.0494 e. The molecule has 1 nitrogen and oxygen atoms in total. The summed E-state index contributed by atoms with van der Waals surface area (Å²) in [5.74, 6) is 0.579. The van der Waals surface area contributed by atoms with Crippen molar-refractivity contribution >= 4 is 33.2 Å². The maximum atomic E-state index is 6.01. The number of hydrogen-bond donors (Lipinski definition) is 0. The highest BCUT2D eigenvalue weighted by atomic mass is 79.9. The first-order chi connectivity index (χ1) is 7.54. The van der Waals surface area contributed by atoms with E-state index in [0.717, 1.165) is 11.0 Å². The Morgan fingerprint density at radius 1 is 1.44 bits per heavy atom. The van der Waals surface area contributed by atoms with Crippen molar-refractivity contribution in [2.45, 2.75) is 38.1 Å². The van der Waals surface area contributed by atoms with Crippen molar-refractivity contribution in [1.29, 1.82) is 0 Å². The first-order valence-electron chi connectivity index (χ1n) is 5.66. The predicted molar refractivity (Wildman–Crippen MR) is 74.4 cm³/mol. The average Bonchev–Trinajstić information content (AvgIpc) is 2.58. The number of halogens is 2. The maximum absolute atomic E-state index is 6.01. The van der Waals surface area contributed by atoms with Gasteiger partial charge in [0.25, 0.3) is 0 Å². The summed E-state index contributed by atoms with van der Waals surface area (Å²) >= 11 is 9.55. The molecule has 0 N–H and O–H groups in total. The topological polar surface area (TPSA) is 3.24 Å². The molecule has 3 heteroatoms. The molecule has 0 bridgehead atoms. The van der Waals surface area contributed by atoms with Crippen molar-refractivity contribution in [3.05, 3.63) is 28.2 Å². The second-order valence-electron chi connectivity index (χ2n) is 4.97. The SMILES string of the molecule is CC1(C)CCCN1c1cc(Br)ccc1CCl. The van der Waals surface area contributed by atoms with Crippen LogP contribution in [0.3, 0.4) is 0 Å². The quantitative estimate of drug-likeness (QED) is 0.724. The molecular weight excluding hydrogens is 286 g/mol. The van der Waals surface area contributed by atoms with Crippen LogP contribution in [0, 0.1) is 0 Å². The minimum atomic E-state index is 0.252. The van der Waals surface area contributed by atoms with E-state index < -0.39 is 0 Å². The molecule has 1 aliphatic heterocycles. The van der Waals surface area contributed by atoms with E-state index in [1.54, 1.807) is 0 Å². The van der Waals surface area contributed by atoms with E-state index in [4.69, 9.17) is 11.6 Å². The first kappa shape index (κ1) is 12.3. The normalized spacial score (nSPS) is 19.1. The summed E-state index contributed by atoms with van der Waals surface area (Å²) in [5.41, 5.74) is 2.76. The third kappa shape index (κ3) is 2.23. The number of alkyl halides is 1. The Hall–Kier alpha value is -0.210. The van der Waals surface area contributed by atoms with Gasteiger partial charge in [-0.2, -0.15) is 0 Å². The summed E-state index contributed by atoms with van der Waals surface area (Å²) in [4.78, 5) is 2.48. The summed E-state index contributed by atoms with van der Waals surface area (Å²) in [6, 6.07) is 6.36. The van der Waals surface area contributed by atoms with E-state index in [9.17, 15) is 0 Å². The Kier molecular flexibility index (Phi) is 3.50. The second-order valence-corrected chi connectivity index (χ2v) is 6.16. The second kappa shape index (κ2) is 4.58. The van der Waals surface area contributed by atoms with Crippen molar-refractivity contribution in [3.8, 4) is 0 Å². The van der Waals surface area contributed by atoms with Gasteiger partial charge in [-0.25, -0.2) is 0 Å². The first-order valence-corrected chi connectivity index (χ1v) is 6.99. The van der Waals surface area contributed by atoms with Crippen LogP contribution in [0.1, 0.15) is 32.3 Å². The summed E-state index contributed by atoms with van der Waals surface area (Å²) in [7, 11) is 0. The lowest BCUT2D eigenvalue weighted by molar-refractivity contribution is 0.517. The highest BCUT2D eigenvalue weighted by molar-refractivity contribution is 9.10. The summed E-state index contributed by atoms with van der Waals surface area (Å²) in [6.45, 7) is 5.74. The summed E-state index contributed by atoms with van der Waals surface area (Å²) < 4.78 is 1.12. The van der Waals surface area contributed by atoms with Gasteiger partial charge in [0.2, 0.25) is 0 Å². The molecule has 0 spiro atoms. The molecule has 1 saturated heterocycles. The Labute approximate surface area is 111 Å². The molecule has 0 saturated carbocycles. The van der Waals surface area contributed by atoms with E-state index in [2.05, 4.69) is 52.9 Å². The number of hydrogen-bond acceptors (Lipinski definition) is 1. The molecule has 1 fully saturated rings. The fourth-order valence-corrected chi connectivity index (χ4v) is 3.03. The van der Waals surface area contributed by atoms with Crippen LogP contribution in [0.5, 0.6) is 0 Å². The lowest BCUT2D eigenvalue weighted by atomic mass is 10.0. The van der Waals surface area contributed by atoms with Gasteiger partial charge in [0.1, 0.15) is 0 Å². The molecule has 0 aliphatic carbocycles. The van der Waals surface area contributed by atoms with Gasteiger partial charge in [-0.3, -0.25) is 0 Å². The molecular formula is C13H17BrClN. The number of rotatable bonds is 2. The lowest BCUT2D eigenvalue weighted by Crippen LogP contribution is -2.38. The van der Waals surface area contributed by atoms with Crippen molar-refractivity contribution in [1.82, 2.24) is 0 Å². The molecule has 88 valence electrons. The van der Waals surface area contributed by atoms with Crippen molar-refractivity contribution in [2.24, 2.45) is 0 Å². The van der Waals surface area contributed by atoms with Crippen LogP contribution in [-0.4, -0.2) is 12.1 Å². The highest BCUT2D eigenvalue weighted by Crippen LogP contribution is 2.37. The average molecular weight is 303 g/mol. The van der Waals surface area contributed by atoms with Crippen LogP contribution in [0.15, 0.2) is 22.7 Å². The van der Waals surface area contributed by atoms with E-state index >= 15 is 0 Å². The molecule has 0 atom stereocenters. The summed E-state index contributed by atoms with van der Waals surface area (Å²) in [6.07, 6.45) is 2.52. The van der Waals surface area contributed by atoms with E-state index in [1.807, 2.05) is 0 Å². The van der Waals surface area contributed by atoms with Gasteiger partial charge in [0.05, 0.1) is 0 Å². The van der Waals surface area contributed by atoms with Crippen molar-refractivity contribution in [2.75, 3.05) is 11.4 Å². The van der Waals surface area contributed by atoms with Gasteiger partial charge in [-0.1, -0.05) is 22.0 Å². The largest absolute Gasteiger partial charge is 0.366 e. The van der Waals surface area contributed by atoms with Gasteiger partial charge in [0.15, 0.2) is 0 Å². The Morgan fingerprint density at radius 3 is 2.75 bits per heavy atom. The molecule has 1 aromatic rings. The van der Waals surface area contributed by atoms with Gasteiger partial charge in [0, 0.05) is 28.1 Å². The minimum Gasteiger partial charge on any atom is -0.366 e. The molecule has 2 rings (SSSR count). The Balaban J connectivity index is 2.42. The van der Waals surface area contributed by atoms with Crippen molar-refractivity contribution in [3.63, 3.8) is 0 Å². The standard InChI is InChI=1S/C13H17BrClN/c1-13(2)6-3-7-16(13)12-8-11(14)5-4-10(12)9-15/h4-5,8H,3,6-7,9H2,1-2H3. The van der Waals surface area contributed by atoms with Gasteiger partial charge >= 0.3 is 0 Å². The Bertz CT molecular complexity index is 390. The highest BCUT2D eigenvalue weighted by Gasteiger charge is 2.32. The molecule has 1 aliphatic rings.